The lowest BCUT2D eigenvalue weighted by atomic mass is 10.1. The lowest BCUT2D eigenvalue weighted by molar-refractivity contribution is -0.0348. The van der Waals surface area contributed by atoms with Crippen molar-refractivity contribution in [2.45, 2.75) is 138 Å². The van der Waals surface area contributed by atoms with E-state index < -0.39 is 130 Å². The summed E-state index contributed by atoms with van der Waals surface area (Å²) in [6, 6.07) is 36.0. The molecule has 4 aliphatic heterocycles. The molecule has 0 spiro atoms. The first-order valence-electron chi connectivity index (χ1n) is 38.1. The molecule has 3 unspecified atom stereocenters. The van der Waals surface area contributed by atoms with Crippen molar-refractivity contribution in [1.29, 1.82) is 5.26 Å². The number of alkyl halides is 4. The number of carbonyl (C=O) groups excluding carboxylic acids is 5. The van der Waals surface area contributed by atoms with E-state index in [-0.39, 0.29) is 125 Å². The molecule has 0 radical (unpaired) electrons. The molecule has 4 fully saturated rings. The summed E-state index contributed by atoms with van der Waals surface area (Å²) in [6.07, 6.45) is -13.4. The second-order valence-electron chi connectivity index (χ2n) is 27.5. The number of hydrogen-bond donors (Lipinski definition) is 7. The van der Waals surface area contributed by atoms with Gasteiger partial charge in [0.15, 0.2) is 130 Å². The van der Waals surface area contributed by atoms with Crippen LogP contribution in [0.25, 0.3) is 49.5 Å². The van der Waals surface area contributed by atoms with Crippen LogP contribution in [-0.4, -0.2) is 224 Å². The Balaban J connectivity index is 0.000000167. The number of nitrogens with zero attached hydrogens (tertiary/aromatic N) is 18. The van der Waals surface area contributed by atoms with Gasteiger partial charge in [-0.2, -0.15) is 5.26 Å². The van der Waals surface area contributed by atoms with Crippen LogP contribution in [-0.2, 0) is 42.0 Å². The zero-order valence-electron chi connectivity index (χ0n) is 64.5. The minimum Gasteiger partial charge on any atom is -0.426 e. The highest BCUT2D eigenvalue weighted by atomic mass is 31.2. The highest BCUT2D eigenvalue weighted by Crippen LogP contribution is 2.55. The summed E-state index contributed by atoms with van der Waals surface area (Å²) in [7, 11) is -4.32. The first kappa shape index (κ1) is 85.2. The summed E-state index contributed by atoms with van der Waals surface area (Å²) in [5.41, 5.74) is 8.73. The maximum Gasteiger partial charge on any atom is 0.509 e. The average Bonchev–Trinajstić information content (AvgIpc) is 1.63. The van der Waals surface area contributed by atoms with E-state index in [0.29, 0.717) is 28.7 Å². The van der Waals surface area contributed by atoms with Gasteiger partial charge in [0.25, 0.3) is 23.6 Å². The number of fused-ring (bicyclic) bond motifs is 4. The SMILES string of the molecule is CC[C@H]1O[C@@H](n2cnc3c(NC(=O)c4ccccc4)ncnc32)[C@H](F)[C@@H]1OP(=O)(CC[C@H]1O[C@@H](n2cnc3c(NC(=O)c4ccccc4)ncnc32)[C@H](F)[C@@H]1O)OCCC#N.NC[C@H]1OC(n2cnc3c(NC(=O)c4ccccc4)ncnc32)[C@H](F)[C@@H]1O.[C-]#[N+]CCOC(=O)O[C@@H]1[C@@H](CC)OC(n2cnc3c(NC(=O)c4ccccc4)ncnc32)[C@@H]1F. The number of anilines is 4. The molecule has 0 bridgehead atoms. The Morgan fingerprint density at radius 2 is 0.836 bits per heavy atom. The Morgan fingerprint density at radius 1 is 0.500 bits per heavy atom. The van der Waals surface area contributed by atoms with Crippen molar-refractivity contribution in [1.82, 2.24) is 78.1 Å². The van der Waals surface area contributed by atoms with E-state index in [4.69, 9.17) is 49.8 Å². The fourth-order valence-electron chi connectivity index (χ4n) is 13.8. The Kier molecular flexibility index (Phi) is 26.9. The number of hydrogen-bond acceptors (Lipinski definition) is 30. The normalized spacial score (nSPS) is 23.9. The van der Waals surface area contributed by atoms with Crippen LogP contribution < -0.4 is 27.0 Å². The lowest BCUT2D eigenvalue weighted by Crippen LogP contribution is -2.34. The fraction of sp³-hybridized carbons (Fsp3) is 0.346. The van der Waals surface area contributed by atoms with Gasteiger partial charge in [0, 0.05) is 28.8 Å². The number of benzene rings is 4. The number of nitrogens with two attached hydrogens (primary N) is 1. The number of carbonyl (C=O) groups is 5. The second kappa shape index (κ2) is 38.5. The number of aromatic nitrogens is 16. The maximum atomic E-state index is 16.6. The maximum absolute atomic E-state index is 16.6. The third-order valence-corrected chi connectivity index (χ3v) is 21.8. The van der Waals surface area contributed by atoms with Crippen LogP contribution in [0.15, 0.2) is 172 Å². The molecule has 4 aliphatic rings. The van der Waals surface area contributed by atoms with Crippen LogP contribution in [0.5, 0.6) is 0 Å². The molecular weight excluding hydrogens is 1620 g/mol. The summed E-state index contributed by atoms with van der Waals surface area (Å²) >= 11 is 0. The zero-order valence-corrected chi connectivity index (χ0v) is 65.4. The van der Waals surface area contributed by atoms with Gasteiger partial charge < -0.3 is 75.0 Å². The van der Waals surface area contributed by atoms with E-state index in [0.717, 1.165) is 6.33 Å². The van der Waals surface area contributed by atoms with Crippen LogP contribution in [0.3, 0.4) is 0 Å². The van der Waals surface area contributed by atoms with Gasteiger partial charge in [-0.15, -0.1) is 0 Å². The number of nitriles is 1. The predicted molar refractivity (Wildman–Crippen MR) is 422 cm³/mol. The molecule has 4 amide bonds. The third-order valence-electron chi connectivity index (χ3n) is 19.9. The molecule has 4 saturated heterocycles. The summed E-state index contributed by atoms with van der Waals surface area (Å²) < 4.78 is 127. The largest absolute Gasteiger partial charge is 0.509 e. The molecule has 8 N–H and O–H groups in total. The Labute approximate surface area is 688 Å². The number of imidazole rings is 4. The number of aliphatic hydroxyl groups is 2. The van der Waals surface area contributed by atoms with Crippen LogP contribution in [0.2, 0.25) is 0 Å². The molecule has 12 heterocycles. The third kappa shape index (κ3) is 18.4. The van der Waals surface area contributed by atoms with Gasteiger partial charge in [-0.25, -0.2) is 88.7 Å². The molecular formula is C78H76F4N23O16P. The van der Waals surface area contributed by atoms with Gasteiger partial charge in [0.05, 0.1) is 62.8 Å². The number of nitrogens with one attached hydrogen (secondary N) is 4. The summed E-state index contributed by atoms with van der Waals surface area (Å²) in [6.45, 7) is 9.69. The smallest absolute Gasteiger partial charge is 0.426 e. The van der Waals surface area contributed by atoms with Gasteiger partial charge >= 0.3 is 13.8 Å². The van der Waals surface area contributed by atoms with E-state index in [1.54, 1.807) is 135 Å². The first-order valence-corrected chi connectivity index (χ1v) is 39.8. The highest BCUT2D eigenvalue weighted by Gasteiger charge is 2.53. The van der Waals surface area contributed by atoms with E-state index in [1.165, 1.54) is 62.6 Å². The second-order valence-corrected chi connectivity index (χ2v) is 29.7. The van der Waals surface area contributed by atoms with Crippen molar-refractivity contribution >= 4 is 105 Å². The summed E-state index contributed by atoms with van der Waals surface area (Å²) in [5.74, 6) is -1.13. The molecule has 39 nitrogen and oxygen atoms in total. The van der Waals surface area contributed by atoms with Crippen LogP contribution in [0, 0.1) is 17.9 Å². The monoisotopic (exact) mass is 1700 g/mol. The van der Waals surface area contributed by atoms with Crippen LogP contribution in [0.4, 0.5) is 45.6 Å². The first-order chi connectivity index (χ1) is 59.2. The number of halogens is 4. The van der Waals surface area contributed by atoms with Crippen LogP contribution >= 0.6 is 7.60 Å². The highest BCUT2D eigenvalue weighted by molar-refractivity contribution is 7.53. The van der Waals surface area contributed by atoms with Gasteiger partial charge in [-0.1, -0.05) is 86.6 Å². The van der Waals surface area contributed by atoms with Gasteiger partial charge in [-0.3, -0.25) is 46.5 Å². The average molecular weight is 1700 g/mol. The Hall–Kier alpha value is -13.2. The zero-order chi connectivity index (χ0) is 85.7. The minimum absolute atomic E-state index is 0.0149. The van der Waals surface area contributed by atoms with E-state index >= 15 is 13.2 Å². The molecule has 632 valence electrons. The molecule has 0 saturated carbocycles. The molecule has 44 heteroatoms. The van der Waals surface area contributed by atoms with Crippen molar-refractivity contribution in [2.75, 3.05) is 53.7 Å². The number of rotatable bonds is 26. The van der Waals surface area contributed by atoms with E-state index in [9.17, 15) is 48.4 Å². The van der Waals surface area contributed by atoms with Crippen LogP contribution in [0.1, 0.15) is 106 Å². The van der Waals surface area contributed by atoms with Gasteiger partial charge in [0.1, 0.15) is 55.8 Å². The van der Waals surface area contributed by atoms with Gasteiger partial charge in [0.2, 0.25) is 6.54 Å². The molecule has 0 aliphatic carbocycles. The summed E-state index contributed by atoms with van der Waals surface area (Å²) in [5, 5.41) is 40.8. The fourth-order valence-corrected chi connectivity index (χ4v) is 15.7. The molecule has 122 heavy (non-hydrogen) atoms. The van der Waals surface area contributed by atoms with Crippen molar-refractivity contribution in [3.8, 4) is 6.07 Å². The van der Waals surface area contributed by atoms with Gasteiger partial charge in [-0.05, 0) is 67.8 Å². The number of aliphatic hydroxyl groups excluding tert-OH is 2. The molecule has 12 aromatic rings. The van der Waals surface area contributed by atoms with E-state index in [1.807, 2.05) is 6.07 Å². The predicted octanol–water partition coefficient (Wildman–Crippen LogP) is 9.11. The van der Waals surface area contributed by atoms with Crippen molar-refractivity contribution in [3.63, 3.8) is 0 Å². The van der Waals surface area contributed by atoms with Crippen molar-refractivity contribution in [2.24, 2.45) is 5.73 Å². The topological polar surface area (TPSA) is 493 Å². The quantitative estimate of drug-likeness (QED) is 0.00873. The van der Waals surface area contributed by atoms with Crippen molar-refractivity contribution in [3.05, 3.63) is 206 Å². The minimum atomic E-state index is -4.32. The molecule has 16 rings (SSSR count). The Morgan fingerprint density at radius 3 is 1.18 bits per heavy atom. The standard InChI is InChI=1S/C39H38F2N11O8P.C22H21FN6O5.C17H17FN6O3/c1-2-24-31(27(41)39(58-24)52-21-48-29-33(44-19-46-35(29)52)50-37(55)23-12-7-4-8-13-23)60-61(56,57-16-9-15-42)17-14-25-30(53)26(40)38(59-25)51-20-47-28-32(43-18-45-34(28)51)49-36(54)22-10-5-3-6-11-22;1-3-14-17(34-22(31)32-10-9-24-2)15(23)21(33-14)29-12-27-16-18(25-11-26-19(16)29)28-20(30)13-7-5-4-6-8-13;18-11-13(25)10(6-19)27-17(11)24-8-22-12-14(20-7-21-15(12)24)23-16(26)9-4-2-1-3-5-9/h3-8,10-13,18-21,24-27,30-31,38-39,53H,2,9,14,16-17H2,1H3,(H,43,45,49,54)(H,44,46,50,55);4-8,11-12,14-15,17,21H,3,9-10H2,1H3,(H,25,26,28,30);1-5,7-8,10-11,13,17,25H,6,19H2,(H,20,21,23,26)/t24-,25-,26-,27-,30-,31-,38-,39-,61?;14-,15-,17-,21?;10-,11-,13-,17?/m111/s1. The molecule has 17 atom stereocenters. The van der Waals surface area contributed by atoms with Crippen molar-refractivity contribution < 1.29 is 93.8 Å². The number of ether oxygens (including phenoxy) is 6. The summed E-state index contributed by atoms with van der Waals surface area (Å²) in [4.78, 5) is 116. The van der Waals surface area contributed by atoms with E-state index in [2.05, 4.69) is 85.9 Å². The molecule has 8 aromatic heterocycles. The lowest BCUT2D eigenvalue weighted by Gasteiger charge is -2.26. The molecule has 4 aromatic carbocycles. The Bertz CT molecular complexity index is 5850. The number of amides is 4.